The van der Waals surface area contributed by atoms with Gasteiger partial charge >= 0.3 is 0 Å². The standard InChI is InChI=1S/C35H62O10/c1-18(2)21(36)10-9-19(3)20-15-22(37)31-33(20,4)14-12-26-34(5)13-11-24(28(39)27(34)23(38)16-35(26,31)40)45-32-30(43-8)29(42-7)25(41-6)17-44-32/h18-32,36-40H,9-17H2,1-8H3/t19-,20-,21+,22+,23-,24+,25-,26-,27+,28+,29+,30-,31-,32+,33-,34-,35+/m1/s1. The normalized spacial score (nSPS) is 51.3. The van der Waals surface area contributed by atoms with E-state index in [0.717, 1.165) is 25.7 Å². The molecule has 1 heterocycles. The molecule has 0 aromatic rings. The molecule has 10 heteroatoms. The number of aliphatic hydroxyl groups is 5. The van der Waals surface area contributed by atoms with E-state index in [1.54, 1.807) is 21.3 Å². The second-order valence-electron chi connectivity index (χ2n) is 16.2. The molecule has 5 fully saturated rings. The average molecular weight is 643 g/mol. The summed E-state index contributed by atoms with van der Waals surface area (Å²) in [6, 6.07) is 0. The monoisotopic (exact) mass is 642 g/mol. The molecule has 45 heavy (non-hydrogen) atoms. The number of hydrogen-bond donors (Lipinski definition) is 5. The van der Waals surface area contributed by atoms with Gasteiger partial charge < -0.3 is 49.2 Å². The topological polar surface area (TPSA) is 147 Å². The Balaban J connectivity index is 1.33. The molecule has 4 aliphatic carbocycles. The number of aliphatic hydroxyl groups excluding tert-OH is 4. The Morgan fingerprint density at radius 1 is 0.844 bits per heavy atom. The molecule has 0 bridgehead atoms. The highest BCUT2D eigenvalue weighted by Crippen LogP contribution is 2.70. The molecular formula is C35H62O10. The van der Waals surface area contributed by atoms with Gasteiger partial charge in [0.1, 0.15) is 18.3 Å². The third kappa shape index (κ3) is 5.95. The minimum absolute atomic E-state index is 0.119. The minimum atomic E-state index is -1.25. The number of hydrogen-bond acceptors (Lipinski definition) is 10. The van der Waals surface area contributed by atoms with Crippen LogP contribution in [0.3, 0.4) is 0 Å². The van der Waals surface area contributed by atoms with Crippen LogP contribution in [0, 0.1) is 46.3 Å². The van der Waals surface area contributed by atoms with Gasteiger partial charge in [0.25, 0.3) is 0 Å². The molecule has 262 valence electrons. The van der Waals surface area contributed by atoms with Crippen molar-refractivity contribution in [3.63, 3.8) is 0 Å². The van der Waals surface area contributed by atoms with Crippen molar-refractivity contribution in [2.24, 2.45) is 46.3 Å². The summed E-state index contributed by atoms with van der Waals surface area (Å²) in [4.78, 5) is 0. The molecule has 0 aromatic carbocycles. The van der Waals surface area contributed by atoms with Gasteiger partial charge in [-0.05, 0) is 79.4 Å². The van der Waals surface area contributed by atoms with Crippen LogP contribution in [0.15, 0.2) is 0 Å². The maximum absolute atomic E-state index is 12.7. The van der Waals surface area contributed by atoms with Gasteiger partial charge in [-0.3, -0.25) is 0 Å². The predicted molar refractivity (Wildman–Crippen MR) is 167 cm³/mol. The van der Waals surface area contributed by atoms with E-state index in [1.807, 2.05) is 13.8 Å². The second-order valence-corrected chi connectivity index (χ2v) is 16.2. The molecule has 10 nitrogen and oxygen atoms in total. The van der Waals surface area contributed by atoms with E-state index in [2.05, 4.69) is 20.8 Å². The highest BCUT2D eigenvalue weighted by Gasteiger charge is 2.72. The van der Waals surface area contributed by atoms with Crippen LogP contribution in [0.4, 0.5) is 0 Å². The predicted octanol–water partition coefficient (Wildman–Crippen LogP) is 2.89. The molecule has 0 spiro atoms. The lowest BCUT2D eigenvalue weighted by molar-refractivity contribution is -0.323. The molecule has 0 unspecified atom stereocenters. The summed E-state index contributed by atoms with van der Waals surface area (Å²) in [5.41, 5.74) is -2.06. The van der Waals surface area contributed by atoms with E-state index in [9.17, 15) is 25.5 Å². The van der Waals surface area contributed by atoms with Gasteiger partial charge in [-0.2, -0.15) is 0 Å². The van der Waals surface area contributed by atoms with Crippen molar-refractivity contribution in [1.29, 1.82) is 0 Å². The van der Waals surface area contributed by atoms with E-state index >= 15 is 0 Å². The number of methoxy groups -OCH3 is 3. The van der Waals surface area contributed by atoms with Crippen molar-refractivity contribution in [2.45, 2.75) is 147 Å². The van der Waals surface area contributed by atoms with Crippen molar-refractivity contribution < 1.29 is 49.2 Å². The van der Waals surface area contributed by atoms with E-state index in [1.165, 1.54) is 0 Å². The second kappa shape index (κ2) is 13.5. The SMILES string of the molecule is CO[C@@H]1[C@@H](OC)[C@H](O[C@H]2CC[C@@]3(C)[C@H]([C@H]2O)[C@H](O)C[C@]2(O)[C@@H]3CC[C@]3(C)[C@@H]([C@H](C)CC[C@H](O)C(C)C)C[C@H](O)[C@H]32)OC[C@H]1OC. The van der Waals surface area contributed by atoms with Crippen LogP contribution in [-0.2, 0) is 23.7 Å². The Morgan fingerprint density at radius 2 is 1.51 bits per heavy atom. The Hall–Kier alpha value is -0.400. The van der Waals surface area contributed by atoms with E-state index in [-0.39, 0.29) is 54.3 Å². The van der Waals surface area contributed by atoms with Gasteiger partial charge in [-0.15, -0.1) is 0 Å². The zero-order valence-corrected chi connectivity index (χ0v) is 28.8. The van der Waals surface area contributed by atoms with Crippen molar-refractivity contribution in [2.75, 3.05) is 27.9 Å². The fraction of sp³-hybridized carbons (Fsp3) is 1.00. The molecule has 1 aliphatic heterocycles. The molecular weight excluding hydrogens is 580 g/mol. The Kier molecular flexibility index (Phi) is 10.8. The van der Waals surface area contributed by atoms with Crippen LogP contribution >= 0.6 is 0 Å². The van der Waals surface area contributed by atoms with Crippen LogP contribution < -0.4 is 0 Å². The Bertz CT molecular complexity index is 997. The lowest BCUT2D eigenvalue weighted by Crippen LogP contribution is -2.71. The van der Waals surface area contributed by atoms with Crippen molar-refractivity contribution >= 4 is 0 Å². The number of fused-ring (bicyclic) bond motifs is 5. The van der Waals surface area contributed by atoms with Crippen LogP contribution in [0.25, 0.3) is 0 Å². The smallest absolute Gasteiger partial charge is 0.186 e. The first-order valence-corrected chi connectivity index (χ1v) is 17.5. The fourth-order valence-electron chi connectivity index (χ4n) is 11.4. The molecule has 4 saturated carbocycles. The molecule has 5 N–H and O–H groups in total. The molecule has 5 rings (SSSR count). The van der Waals surface area contributed by atoms with Gasteiger partial charge in [0.15, 0.2) is 6.29 Å². The van der Waals surface area contributed by atoms with Crippen molar-refractivity contribution in [3.8, 4) is 0 Å². The molecule has 17 atom stereocenters. The number of rotatable bonds is 10. The van der Waals surface area contributed by atoms with Gasteiger partial charge in [0.05, 0.1) is 42.7 Å². The summed E-state index contributed by atoms with van der Waals surface area (Å²) < 4.78 is 29.3. The maximum atomic E-state index is 12.7. The molecule has 1 saturated heterocycles. The van der Waals surface area contributed by atoms with Gasteiger partial charge in [-0.1, -0.05) is 34.6 Å². The lowest BCUT2D eigenvalue weighted by atomic mass is 9.41. The largest absolute Gasteiger partial charge is 0.393 e. The van der Waals surface area contributed by atoms with E-state index < -0.39 is 59.8 Å². The average Bonchev–Trinajstić information content (AvgIpc) is 3.27. The first-order valence-electron chi connectivity index (χ1n) is 17.5. The van der Waals surface area contributed by atoms with Crippen LogP contribution in [0.1, 0.15) is 86.0 Å². The zero-order valence-electron chi connectivity index (χ0n) is 28.8. The summed E-state index contributed by atoms with van der Waals surface area (Å²) in [6.45, 7) is 10.9. The molecule has 0 radical (unpaired) electrons. The minimum Gasteiger partial charge on any atom is -0.393 e. The third-order valence-corrected chi connectivity index (χ3v) is 13.7. The Labute approximate surface area is 270 Å². The van der Waals surface area contributed by atoms with Crippen LogP contribution in [0.5, 0.6) is 0 Å². The first-order chi connectivity index (χ1) is 21.2. The van der Waals surface area contributed by atoms with Crippen molar-refractivity contribution in [1.82, 2.24) is 0 Å². The van der Waals surface area contributed by atoms with Gasteiger partial charge in [0.2, 0.25) is 0 Å². The quantitative estimate of drug-likeness (QED) is 0.226. The Morgan fingerprint density at radius 3 is 2.13 bits per heavy atom. The molecule has 5 aliphatic rings. The fourth-order valence-corrected chi connectivity index (χ4v) is 11.4. The number of ether oxygens (including phenoxy) is 5. The lowest BCUT2D eigenvalue weighted by Gasteiger charge is -2.66. The van der Waals surface area contributed by atoms with Gasteiger partial charge in [0, 0.05) is 39.6 Å². The highest BCUT2D eigenvalue weighted by molar-refractivity contribution is 5.21. The summed E-state index contributed by atoms with van der Waals surface area (Å²) in [6.07, 6.45) is -0.343. The van der Waals surface area contributed by atoms with Crippen LogP contribution in [0.2, 0.25) is 0 Å². The third-order valence-electron chi connectivity index (χ3n) is 13.7. The molecule has 0 amide bonds. The highest BCUT2D eigenvalue weighted by atomic mass is 16.7. The summed E-state index contributed by atoms with van der Waals surface area (Å²) >= 11 is 0. The molecule has 0 aromatic heterocycles. The van der Waals surface area contributed by atoms with Gasteiger partial charge in [-0.25, -0.2) is 0 Å². The first kappa shape index (κ1) is 35.9. The van der Waals surface area contributed by atoms with Crippen molar-refractivity contribution in [3.05, 3.63) is 0 Å². The summed E-state index contributed by atoms with van der Waals surface area (Å²) in [5.74, 6) is -0.298. The van der Waals surface area contributed by atoms with E-state index in [4.69, 9.17) is 23.7 Å². The summed E-state index contributed by atoms with van der Waals surface area (Å²) in [7, 11) is 4.77. The van der Waals surface area contributed by atoms with Crippen LogP contribution in [-0.4, -0.2) is 114 Å². The van der Waals surface area contributed by atoms with E-state index in [0.29, 0.717) is 25.2 Å². The zero-order chi connectivity index (χ0) is 33.1. The maximum Gasteiger partial charge on any atom is 0.186 e. The summed E-state index contributed by atoms with van der Waals surface area (Å²) in [5, 5.41) is 58.5.